The van der Waals surface area contributed by atoms with Gasteiger partial charge in [-0.15, -0.1) is 0 Å². The van der Waals surface area contributed by atoms with Crippen molar-refractivity contribution in [3.05, 3.63) is 83.2 Å². The average Bonchev–Trinajstić information content (AvgIpc) is 3.02. The van der Waals surface area contributed by atoms with E-state index in [-0.39, 0.29) is 0 Å². The van der Waals surface area contributed by atoms with Gasteiger partial charge < -0.3 is 9.30 Å². The molecule has 146 valence electrons. The number of hydrazone groups is 1. The molecule has 0 aliphatic heterocycles. The van der Waals surface area contributed by atoms with Crippen LogP contribution in [0.4, 0.5) is 0 Å². The van der Waals surface area contributed by atoms with Crippen molar-refractivity contribution in [3.63, 3.8) is 0 Å². The molecule has 0 fully saturated rings. The van der Waals surface area contributed by atoms with E-state index >= 15 is 0 Å². The molecule has 0 saturated carbocycles. The lowest BCUT2D eigenvalue weighted by atomic mass is 10.0. The van der Waals surface area contributed by atoms with Gasteiger partial charge in [-0.25, -0.2) is 5.43 Å². The smallest absolute Gasteiger partial charge is 0.261 e. The third-order valence-electron chi connectivity index (χ3n) is 4.70. The van der Waals surface area contributed by atoms with Crippen molar-refractivity contribution in [2.75, 3.05) is 7.11 Å². The molecule has 2 aromatic carbocycles. The summed E-state index contributed by atoms with van der Waals surface area (Å²) in [6.07, 6.45) is 1.60. The quantitative estimate of drug-likeness (QED) is 0.516. The van der Waals surface area contributed by atoms with Gasteiger partial charge in [0.05, 0.1) is 19.4 Å². The highest BCUT2D eigenvalue weighted by Gasteiger charge is 2.19. The van der Waals surface area contributed by atoms with Crippen molar-refractivity contribution in [1.82, 2.24) is 9.99 Å². The van der Waals surface area contributed by atoms with Crippen molar-refractivity contribution in [1.29, 1.82) is 5.26 Å². The monoisotopic (exact) mass is 386 g/mol. The van der Waals surface area contributed by atoms with Crippen LogP contribution < -0.4 is 10.2 Å². The van der Waals surface area contributed by atoms with E-state index in [9.17, 15) is 10.1 Å². The van der Waals surface area contributed by atoms with Gasteiger partial charge in [0.2, 0.25) is 0 Å². The number of methoxy groups -OCH3 is 1. The molecular weight excluding hydrogens is 364 g/mol. The van der Waals surface area contributed by atoms with Crippen LogP contribution in [0.5, 0.6) is 5.75 Å². The van der Waals surface area contributed by atoms with Crippen LogP contribution >= 0.6 is 0 Å². The van der Waals surface area contributed by atoms with Crippen LogP contribution in [0.2, 0.25) is 0 Å². The van der Waals surface area contributed by atoms with E-state index in [1.165, 1.54) is 0 Å². The fourth-order valence-electron chi connectivity index (χ4n) is 3.21. The number of nitriles is 1. The first kappa shape index (κ1) is 19.9. The van der Waals surface area contributed by atoms with E-state index in [4.69, 9.17) is 4.74 Å². The van der Waals surface area contributed by atoms with Gasteiger partial charge in [-0.2, -0.15) is 10.4 Å². The minimum Gasteiger partial charge on any atom is -0.497 e. The van der Waals surface area contributed by atoms with Crippen LogP contribution in [0.15, 0.2) is 65.8 Å². The van der Waals surface area contributed by atoms with Gasteiger partial charge in [0.25, 0.3) is 5.91 Å². The number of nitrogens with one attached hydrogen (secondary N) is 1. The summed E-state index contributed by atoms with van der Waals surface area (Å²) < 4.78 is 7.32. The molecule has 29 heavy (non-hydrogen) atoms. The molecule has 0 unspecified atom stereocenters. The van der Waals surface area contributed by atoms with Crippen molar-refractivity contribution in [2.24, 2.45) is 5.10 Å². The van der Waals surface area contributed by atoms with Gasteiger partial charge in [-0.05, 0) is 49.7 Å². The van der Waals surface area contributed by atoms with Gasteiger partial charge >= 0.3 is 0 Å². The number of nitrogens with zero attached hydrogens (tertiary/aromatic N) is 3. The topological polar surface area (TPSA) is 79.4 Å². The SMILES string of the molecule is COc1ccc(-n2c(C)cc(/C=N\NC(=O)[C@@H](C#N)c3ccccc3)c2C)cc1. The molecule has 6 nitrogen and oxygen atoms in total. The normalized spacial score (nSPS) is 11.8. The van der Waals surface area contributed by atoms with Crippen LogP contribution in [-0.2, 0) is 4.79 Å². The van der Waals surface area contributed by atoms with Gasteiger partial charge in [0, 0.05) is 22.6 Å². The lowest BCUT2D eigenvalue weighted by Crippen LogP contribution is -2.24. The second kappa shape index (κ2) is 8.89. The highest BCUT2D eigenvalue weighted by molar-refractivity contribution is 5.88. The molecule has 3 aromatic rings. The molecular formula is C23H22N4O2. The molecule has 1 aromatic heterocycles. The Morgan fingerprint density at radius 1 is 1.17 bits per heavy atom. The lowest BCUT2D eigenvalue weighted by Gasteiger charge is -2.10. The zero-order valence-electron chi connectivity index (χ0n) is 16.6. The van der Waals surface area contributed by atoms with Crippen LogP contribution in [0.1, 0.15) is 28.4 Å². The Kier molecular flexibility index (Phi) is 6.10. The summed E-state index contributed by atoms with van der Waals surface area (Å²) in [5.41, 5.74) is 7.04. The van der Waals surface area contributed by atoms with Gasteiger partial charge in [0.1, 0.15) is 5.75 Å². The highest BCUT2D eigenvalue weighted by Crippen LogP contribution is 2.22. The third kappa shape index (κ3) is 4.36. The molecule has 3 rings (SSSR count). The van der Waals surface area contributed by atoms with Crippen molar-refractivity contribution >= 4 is 12.1 Å². The molecule has 0 aliphatic carbocycles. The van der Waals surface area contributed by atoms with E-state index < -0.39 is 11.8 Å². The van der Waals surface area contributed by atoms with E-state index in [2.05, 4.69) is 15.1 Å². The summed E-state index contributed by atoms with van der Waals surface area (Å²) in [5.74, 6) is -0.565. The second-order valence-corrected chi connectivity index (χ2v) is 6.57. The van der Waals surface area contributed by atoms with Gasteiger partial charge in [0.15, 0.2) is 5.92 Å². The zero-order chi connectivity index (χ0) is 20.8. The Morgan fingerprint density at radius 2 is 1.86 bits per heavy atom. The minimum atomic E-state index is -0.903. The number of aromatic nitrogens is 1. The standard InChI is InChI=1S/C23H22N4O2/c1-16-13-19(17(2)27(16)20-9-11-21(29-3)12-10-20)15-25-26-23(28)22(14-24)18-7-5-4-6-8-18/h4-13,15,22H,1-3H3,(H,26,28)/b25-15-/t22-/m0/s1. The maximum atomic E-state index is 12.3. The molecule has 1 amide bonds. The summed E-state index contributed by atoms with van der Waals surface area (Å²) in [6, 6.07) is 20.7. The number of rotatable bonds is 6. The molecule has 0 spiro atoms. The van der Waals surface area contributed by atoms with E-state index in [1.807, 2.05) is 56.3 Å². The van der Waals surface area contributed by atoms with Gasteiger partial charge in [-0.1, -0.05) is 30.3 Å². The number of benzene rings is 2. The van der Waals surface area contributed by atoms with Crippen LogP contribution in [0, 0.1) is 25.2 Å². The molecule has 0 aliphatic rings. The Morgan fingerprint density at radius 3 is 2.48 bits per heavy atom. The summed E-state index contributed by atoms with van der Waals surface area (Å²) in [4.78, 5) is 12.3. The maximum absolute atomic E-state index is 12.3. The van der Waals surface area contributed by atoms with E-state index in [1.54, 1.807) is 37.6 Å². The average molecular weight is 386 g/mol. The number of amides is 1. The number of ether oxygens (including phenoxy) is 1. The molecule has 1 N–H and O–H groups in total. The molecule has 0 radical (unpaired) electrons. The second-order valence-electron chi connectivity index (χ2n) is 6.57. The third-order valence-corrected chi connectivity index (χ3v) is 4.70. The molecule has 1 heterocycles. The Balaban J connectivity index is 1.76. The maximum Gasteiger partial charge on any atom is 0.261 e. The van der Waals surface area contributed by atoms with Crippen LogP contribution in [0.3, 0.4) is 0 Å². The molecule has 6 heteroatoms. The largest absolute Gasteiger partial charge is 0.497 e. The summed E-state index contributed by atoms with van der Waals surface area (Å²) >= 11 is 0. The van der Waals surface area contributed by atoms with E-state index in [0.29, 0.717) is 5.56 Å². The molecule has 0 bridgehead atoms. The summed E-state index contributed by atoms with van der Waals surface area (Å²) in [6.45, 7) is 4.00. The first-order chi connectivity index (χ1) is 14.0. The lowest BCUT2D eigenvalue weighted by molar-refractivity contribution is -0.121. The summed E-state index contributed by atoms with van der Waals surface area (Å²) in [7, 11) is 1.64. The minimum absolute atomic E-state index is 0.459. The Labute approximate surface area is 170 Å². The fraction of sp³-hybridized carbons (Fsp3) is 0.174. The molecule has 0 saturated heterocycles. The van der Waals surface area contributed by atoms with Crippen LogP contribution in [0.25, 0.3) is 5.69 Å². The first-order valence-corrected chi connectivity index (χ1v) is 9.16. The highest BCUT2D eigenvalue weighted by atomic mass is 16.5. The summed E-state index contributed by atoms with van der Waals surface area (Å²) in [5, 5.41) is 13.4. The van der Waals surface area contributed by atoms with Crippen molar-refractivity contribution < 1.29 is 9.53 Å². The van der Waals surface area contributed by atoms with Gasteiger partial charge in [-0.3, -0.25) is 4.79 Å². The van der Waals surface area contributed by atoms with Crippen LogP contribution in [-0.4, -0.2) is 23.8 Å². The number of aryl methyl sites for hydroxylation is 1. The fourth-order valence-corrected chi connectivity index (χ4v) is 3.21. The predicted octanol–water partition coefficient (Wildman–Crippen LogP) is 3.86. The number of carbonyl (C=O) groups excluding carboxylic acids is 1. The first-order valence-electron chi connectivity index (χ1n) is 9.16. The zero-order valence-corrected chi connectivity index (χ0v) is 16.6. The molecule has 1 atom stereocenters. The van der Waals surface area contributed by atoms with E-state index in [0.717, 1.165) is 28.4 Å². The Hall–Kier alpha value is -3.85. The van der Waals surface area contributed by atoms with Crippen molar-refractivity contribution in [3.8, 4) is 17.5 Å². The van der Waals surface area contributed by atoms with Crippen molar-refractivity contribution in [2.45, 2.75) is 19.8 Å². The number of carbonyl (C=O) groups is 1. The number of hydrogen-bond donors (Lipinski definition) is 1. The predicted molar refractivity (Wildman–Crippen MR) is 112 cm³/mol. The Bertz CT molecular complexity index is 1060. The number of hydrogen-bond acceptors (Lipinski definition) is 4.